The highest BCUT2D eigenvalue weighted by molar-refractivity contribution is 6.70. The van der Waals surface area contributed by atoms with E-state index < -0.39 is 44.4 Å². The molecule has 1 heterocycles. The number of cyclic esters (lactones) is 1. The fraction of sp³-hybridized carbons (Fsp3) is 0.278. The average molecular weight is 627 g/mol. The van der Waals surface area contributed by atoms with E-state index in [9.17, 15) is 19.1 Å². The molecule has 5 rings (SSSR count). The van der Waals surface area contributed by atoms with Gasteiger partial charge in [0.2, 0.25) is 14.2 Å². The number of aliphatic hydroxyl groups is 1. The third-order valence-electron chi connectivity index (χ3n) is 7.78. The molecule has 0 spiro atoms. The van der Waals surface area contributed by atoms with Gasteiger partial charge in [0.05, 0.1) is 18.1 Å². The quantitative estimate of drug-likeness (QED) is 0.155. The molecule has 0 aromatic heterocycles. The lowest BCUT2D eigenvalue weighted by molar-refractivity contribution is -0.134. The van der Waals surface area contributed by atoms with Gasteiger partial charge in [0.1, 0.15) is 24.2 Å². The number of hydrogen-bond donors (Lipinski definition) is 2. The van der Waals surface area contributed by atoms with Gasteiger partial charge < -0.3 is 19.6 Å². The Hall–Kier alpha value is -4.47. The van der Waals surface area contributed by atoms with Crippen LogP contribution in [0.1, 0.15) is 47.7 Å². The summed E-state index contributed by atoms with van der Waals surface area (Å²) in [6.07, 6.45) is -1.03. The van der Waals surface area contributed by atoms with E-state index in [2.05, 4.69) is 25.0 Å². The summed E-state index contributed by atoms with van der Waals surface area (Å²) in [5, 5.41) is 14.6. The van der Waals surface area contributed by atoms with Crippen molar-refractivity contribution in [3.63, 3.8) is 0 Å². The molecular formula is C36H39FN2O5Si. The maximum absolute atomic E-state index is 14.6. The van der Waals surface area contributed by atoms with Crippen LogP contribution in [0.4, 0.5) is 14.9 Å². The maximum atomic E-state index is 14.6. The summed E-state index contributed by atoms with van der Waals surface area (Å²) in [5.74, 6) is -0.884. The van der Waals surface area contributed by atoms with Gasteiger partial charge in [-0.3, -0.25) is 4.79 Å². The summed E-state index contributed by atoms with van der Waals surface area (Å²) in [4.78, 5) is 29.0. The smallest absolute Gasteiger partial charge is 0.417 e. The Labute approximate surface area is 264 Å². The maximum Gasteiger partial charge on any atom is 0.417 e. The van der Waals surface area contributed by atoms with E-state index in [-0.39, 0.29) is 25.3 Å². The van der Waals surface area contributed by atoms with E-state index in [0.717, 1.165) is 22.4 Å². The number of hydrogen-bond acceptors (Lipinski definition) is 6. The Morgan fingerprint density at radius 2 is 1.53 bits per heavy atom. The number of nitrogens with zero attached hydrogens (tertiary/aromatic N) is 1. The number of ether oxygens (including phenoxy) is 1. The number of nitrogens with one attached hydrogen (secondary N) is 1. The van der Waals surface area contributed by atoms with Gasteiger partial charge >= 0.3 is 6.09 Å². The molecule has 0 aliphatic carbocycles. The van der Waals surface area contributed by atoms with Gasteiger partial charge in [-0.2, -0.15) is 0 Å². The minimum Gasteiger partial charge on any atom is -0.544 e. The largest absolute Gasteiger partial charge is 0.544 e. The van der Waals surface area contributed by atoms with Gasteiger partial charge in [0.15, 0.2) is 0 Å². The van der Waals surface area contributed by atoms with Crippen LogP contribution in [0.2, 0.25) is 19.6 Å². The van der Waals surface area contributed by atoms with Crippen molar-refractivity contribution in [2.24, 2.45) is 5.92 Å². The number of amides is 2. The highest BCUT2D eigenvalue weighted by Gasteiger charge is 2.44. The normalized spacial score (nSPS) is 16.9. The zero-order valence-electron chi connectivity index (χ0n) is 25.7. The van der Waals surface area contributed by atoms with Crippen LogP contribution < -0.4 is 9.74 Å². The second-order valence-corrected chi connectivity index (χ2v) is 16.7. The molecule has 7 nitrogen and oxygen atoms in total. The third kappa shape index (κ3) is 8.17. The summed E-state index contributed by atoms with van der Waals surface area (Å²) in [6, 6.07) is 30.9. The van der Waals surface area contributed by atoms with Crippen molar-refractivity contribution < 1.29 is 28.2 Å². The van der Waals surface area contributed by atoms with Crippen LogP contribution in [0.15, 0.2) is 109 Å². The minimum absolute atomic E-state index is 0.0483. The van der Waals surface area contributed by atoms with E-state index in [4.69, 9.17) is 9.16 Å². The van der Waals surface area contributed by atoms with Crippen molar-refractivity contribution in [2.75, 3.05) is 11.9 Å². The van der Waals surface area contributed by atoms with Crippen molar-refractivity contribution in [3.8, 4) is 5.75 Å². The molecular weight excluding hydrogens is 587 g/mol. The Kier molecular flexibility index (Phi) is 10.0. The molecule has 45 heavy (non-hydrogen) atoms. The first-order valence-electron chi connectivity index (χ1n) is 15.2. The summed E-state index contributed by atoms with van der Waals surface area (Å²) >= 11 is 0. The van der Waals surface area contributed by atoms with Crippen LogP contribution in [0, 0.1) is 11.7 Å². The number of carbonyl (C=O) groups excluding carboxylic acids is 2. The summed E-state index contributed by atoms with van der Waals surface area (Å²) < 4.78 is 25.4. The molecule has 0 saturated carbocycles. The molecule has 4 aromatic carbocycles. The van der Waals surface area contributed by atoms with Crippen LogP contribution in [-0.2, 0) is 9.53 Å². The SMILES string of the molecule is C[Si](C)(C)Oc1ccc([C@@H](Nc2ccc(F)cc2)[C@@H](CC[C@H](O)c2ccccc2)C(=O)N2C(=O)OC[C@@H]2c2ccccc2)cc1. The lowest BCUT2D eigenvalue weighted by Gasteiger charge is -2.33. The topological polar surface area (TPSA) is 88.1 Å². The Bertz CT molecular complexity index is 1560. The van der Waals surface area contributed by atoms with E-state index in [1.165, 1.54) is 17.0 Å². The number of aliphatic hydroxyl groups excluding tert-OH is 1. The minimum atomic E-state index is -1.86. The van der Waals surface area contributed by atoms with E-state index in [1.54, 1.807) is 12.1 Å². The van der Waals surface area contributed by atoms with Crippen molar-refractivity contribution in [2.45, 2.75) is 50.7 Å². The average Bonchev–Trinajstić information content (AvgIpc) is 3.43. The molecule has 1 aliphatic heterocycles. The molecule has 9 heteroatoms. The fourth-order valence-corrected chi connectivity index (χ4v) is 6.46. The molecule has 2 amide bonds. The summed E-state index contributed by atoms with van der Waals surface area (Å²) in [7, 11) is -1.86. The predicted molar refractivity (Wildman–Crippen MR) is 175 cm³/mol. The molecule has 0 unspecified atom stereocenters. The summed E-state index contributed by atoms with van der Waals surface area (Å²) in [5.41, 5.74) is 2.91. The third-order valence-corrected chi connectivity index (χ3v) is 8.63. The van der Waals surface area contributed by atoms with Gasteiger partial charge in [0.25, 0.3) is 0 Å². The fourth-order valence-electron chi connectivity index (χ4n) is 5.61. The number of rotatable bonds is 12. The number of benzene rings is 4. The molecule has 0 radical (unpaired) electrons. The van der Waals surface area contributed by atoms with Crippen molar-refractivity contribution in [1.29, 1.82) is 0 Å². The first kappa shape index (κ1) is 31.9. The standard InChI is InChI=1S/C36H39FN2O5Si/c1-45(2,3)44-30-20-14-27(15-21-30)34(38-29-18-16-28(37)17-19-29)31(22-23-33(40)26-12-8-5-9-13-26)35(41)39-32(24-43-36(39)42)25-10-6-4-7-11-25/h4-21,31-34,38,40H,22-24H2,1-3H3/t31-,32-,33+,34-/m1/s1. The monoisotopic (exact) mass is 626 g/mol. The lowest BCUT2D eigenvalue weighted by atomic mass is 9.85. The zero-order valence-corrected chi connectivity index (χ0v) is 26.7. The van der Waals surface area contributed by atoms with E-state index >= 15 is 0 Å². The van der Waals surface area contributed by atoms with Crippen LogP contribution in [-0.4, -0.2) is 36.9 Å². The number of carbonyl (C=O) groups is 2. The van der Waals surface area contributed by atoms with Crippen molar-refractivity contribution in [3.05, 3.63) is 132 Å². The second kappa shape index (κ2) is 14.1. The first-order valence-corrected chi connectivity index (χ1v) is 18.6. The van der Waals surface area contributed by atoms with E-state index in [1.807, 2.05) is 84.9 Å². The summed E-state index contributed by atoms with van der Waals surface area (Å²) in [6.45, 7) is 6.35. The highest BCUT2D eigenvalue weighted by Crippen LogP contribution is 2.38. The molecule has 234 valence electrons. The molecule has 0 bridgehead atoms. The Morgan fingerprint density at radius 3 is 2.16 bits per heavy atom. The molecule has 1 saturated heterocycles. The lowest BCUT2D eigenvalue weighted by Crippen LogP contribution is -2.42. The van der Waals surface area contributed by atoms with Gasteiger partial charge in [-0.1, -0.05) is 72.8 Å². The van der Waals surface area contributed by atoms with Gasteiger partial charge in [-0.05, 0) is 85.6 Å². The van der Waals surface area contributed by atoms with Crippen LogP contribution in [0.3, 0.4) is 0 Å². The van der Waals surface area contributed by atoms with Crippen LogP contribution in [0.25, 0.3) is 0 Å². The predicted octanol–water partition coefficient (Wildman–Crippen LogP) is 8.04. The first-order chi connectivity index (χ1) is 21.6. The molecule has 1 fully saturated rings. The van der Waals surface area contributed by atoms with Gasteiger partial charge in [0, 0.05) is 5.69 Å². The molecule has 2 N–H and O–H groups in total. The van der Waals surface area contributed by atoms with Gasteiger partial charge in [-0.25, -0.2) is 14.1 Å². The number of halogens is 1. The van der Waals surface area contributed by atoms with Crippen molar-refractivity contribution in [1.82, 2.24) is 4.90 Å². The Balaban J connectivity index is 1.54. The zero-order chi connectivity index (χ0) is 32.0. The number of anilines is 1. The van der Waals surface area contributed by atoms with Gasteiger partial charge in [-0.15, -0.1) is 0 Å². The van der Waals surface area contributed by atoms with Crippen LogP contribution >= 0.6 is 0 Å². The van der Waals surface area contributed by atoms with Crippen LogP contribution in [0.5, 0.6) is 5.75 Å². The second-order valence-electron chi connectivity index (χ2n) is 12.2. The Morgan fingerprint density at radius 1 is 0.911 bits per heavy atom. The molecule has 1 aliphatic rings. The van der Waals surface area contributed by atoms with Crippen molar-refractivity contribution >= 4 is 26.0 Å². The number of imide groups is 1. The highest BCUT2D eigenvalue weighted by atomic mass is 28.4. The molecule has 4 atom stereocenters. The molecule has 4 aromatic rings. The van der Waals surface area contributed by atoms with E-state index in [0.29, 0.717) is 5.69 Å².